The van der Waals surface area contributed by atoms with E-state index in [-0.39, 0.29) is 6.42 Å². The summed E-state index contributed by atoms with van der Waals surface area (Å²) in [6.07, 6.45) is 3.99. The molecule has 2 aromatic carbocycles. The lowest BCUT2D eigenvalue weighted by Crippen LogP contribution is -2.46. The second kappa shape index (κ2) is 5.88. The van der Waals surface area contributed by atoms with Crippen LogP contribution in [0.5, 0.6) is 0 Å². The first-order valence-corrected chi connectivity index (χ1v) is 7.56. The maximum absolute atomic E-state index is 11.9. The topological polar surface area (TPSA) is 52.6 Å². The zero-order valence-electron chi connectivity index (χ0n) is 13.1. The lowest BCUT2D eigenvalue weighted by molar-refractivity contribution is -0.239. The van der Waals surface area contributed by atoms with E-state index in [2.05, 4.69) is 0 Å². The Morgan fingerprint density at radius 1 is 1.00 bits per heavy atom. The summed E-state index contributed by atoms with van der Waals surface area (Å²) in [4.78, 5) is 23.8. The normalized spacial score (nSPS) is 18.2. The molecule has 0 aromatic heterocycles. The van der Waals surface area contributed by atoms with Gasteiger partial charge in [0, 0.05) is 13.8 Å². The fourth-order valence-corrected chi connectivity index (χ4v) is 2.66. The van der Waals surface area contributed by atoms with E-state index in [1.165, 1.54) is 0 Å². The number of benzene rings is 2. The SMILES string of the molecule is CC1(C)OC(=O)C(C/C=C/c2cccc3ccccc23)C(=O)O1. The van der Waals surface area contributed by atoms with Gasteiger partial charge in [0.05, 0.1) is 0 Å². The Kier molecular flexibility index (Phi) is 3.90. The zero-order chi connectivity index (χ0) is 16.4. The van der Waals surface area contributed by atoms with Crippen LogP contribution in [0.4, 0.5) is 0 Å². The molecule has 0 N–H and O–H groups in total. The number of allylic oxidation sites excluding steroid dienone is 1. The number of hydrogen-bond acceptors (Lipinski definition) is 4. The number of carbonyl (C=O) groups is 2. The minimum Gasteiger partial charge on any atom is -0.422 e. The Labute approximate surface area is 134 Å². The van der Waals surface area contributed by atoms with Crippen molar-refractivity contribution >= 4 is 28.8 Å². The maximum atomic E-state index is 11.9. The molecule has 0 amide bonds. The first-order chi connectivity index (χ1) is 11.0. The quantitative estimate of drug-likeness (QED) is 0.641. The molecule has 0 radical (unpaired) electrons. The van der Waals surface area contributed by atoms with Crippen LogP contribution in [0.15, 0.2) is 48.5 Å². The summed E-state index contributed by atoms with van der Waals surface area (Å²) in [6, 6.07) is 14.1. The van der Waals surface area contributed by atoms with Crippen LogP contribution >= 0.6 is 0 Å². The van der Waals surface area contributed by atoms with Crippen molar-refractivity contribution in [2.75, 3.05) is 0 Å². The first-order valence-electron chi connectivity index (χ1n) is 7.56. The molecule has 2 aromatic rings. The Morgan fingerprint density at radius 3 is 2.39 bits per heavy atom. The van der Waals surface area contributed by atoms with Gasteiger partial charge in [-0.3, -0.25) is 9.59 Å². The fraction of sp³-hybridized carbons (Fsp3) is 0.263. The lowest BCUT2D eigenvalue weighted by Gasteiger charge is -2.32. The van der Waals surface area contributed by atoms with E-state index in [0.29, 0.717) is 0 Å². The highest BCUT2D eigenvalue weighted by atomic mass is 16.7. The molecule has 1 aliphatic heterocycles. The Bertz CT molecular complexity index is 764. The number of esters is 2. The molecule has 23 heavy (non-hydrogen) atoms. The van der Waals surface area contributed by atoms with Crippen molar-refractivity contribution in [1.29, 1.82) is 0 Å². The van der Waals surface area contributed by atoms with Gasteiger partial charge in [-0.1, -0.05) is 54.6 Å². The molecule has 0 atom stereocenters. The molecule has 1 saturated heterocycles. The molecule has 0 unspecified atom stereocenters. The van der Waals surface area contributed by atoms with Crippen molar-refractivity contribution < 1.29 is 19.1 Å². The molecular formula is C19H18O4. The van der Waals surface area contributed by atoms with Gasteiger partial charge in [0.2, 0.25) is 0 Å². The van der Waals surface area contributed by atoms with Crippen molar-refractivity contribution in [3.63, 3.8) is 0 Å². The zero-order valence-corrected chi connectivity index (χ0v) is 13.1. The molecular weight excluding hydrogens is 292 g/mol. The molecule has 0 spiro atoms. The van der Waals surface area contributed by atoms with E-state index in [4.69, 9.17) is 9.47 Å². The molecule has 1 fully saturated rings. The van der Waals surface area contributed by atoms with E-state index >= 15 is 0 Å². The van der Waals surface area contributed by atoms with E-state index in [1.807, 2.05) is 54.6 Å². The predicted molar refractivity (Wildman–Crippen MR) is 87.4 cm³/mol. The smallest absolute Gasteiger partial charge is 0.323 e. The van der Waals surface area contributed by atoms with Gasteiger partial charge >= 0.3 is 11.9 Å². The molecule has 3 rings (SSSR count). The van der Waals surface area contributed by atoms with Gasteiger partial charge in [-0.2, -0.15) is 0 Å². The molecule has 0 bridgehead atoms. The van der Waals surface area contributed by atoms with Crippen molar-refractivity contribution in [2.24, 2.45) is 5.92 Å². The average Bonchev–Trinajstić information content (AvgIpc) is 2.49. The monoisotopic (exact) mass is 310 g/mol. The van der Waals surface area contributed by atoms with Gasteiger partial charge in [-0.05, 0) is 22.8 Å². The molecule has 1 aliphatic rings. The highest BCUT2D eigenvalue weighted by Gasteiger charge is 2.42. The highest BCUT2D eigenvalue weighted by Crippen LogP contribution is 2.26. The van der Waals surface area contributed by atoms with Crippen LogP contribution in [-0.2, 0) is 19.1 Å². The Balaban J connectivity index is 1.76. The van der Waals surface area contributed by atoms with Gasteiger partial charge in [0.1, 0.15) is 0 Å². The van der Waals surface area contributed by atoms with Crippen molar-refractivity contribution in [3.05, 3.63) is 54.1 Å². The molecule has 0 aliphatic carbocycles. The number of carbonyl (C=O) groups excluding carboxylic acids is 2. The summed E-state index contributed by atoms with van der Waals surface area (Å²) in [7, 11) is 0. The molecule has 4 nitrogen and oxygen atoms in total. The molecule has 1 heterocycles. The second-order valence-corrected chi connectivity index (χ2v) is 6.00. The van der Waals surface area contributed by atoms with E-state index < -0.39 is 23.6 Å². The first kappa shape index (κ1) is 15.3. The summed E-state index contributed by atoms with van der Waals surface area (Å²) in [5, 5.41) is 2.27. The van der Waals surface area contributed by atoms with Crippen molar-refractivity contribution in [2.45, 2.75) is 26.1 Å². The van der Waals surface area contributed by atoms with Gasteiger partial charge in [-0.25, -0.2) is 0 Å². The number of rotatable bonds is 3. The minimum absolute atomic E-state index is 0.261. The van der Waals surface area contributed by atoms with Crippen LogP contribution in [0.3, 0.4) is 0 Å². The van der Waals surface area contributed by atoms with Crippen molar-refractivity contribution in [1.82, 2.24) is 0 Å². The van der Waals surface area contributed by atoms with E-state index in [9.17, 15) is 9.59 Å². The van der Waals surface area contributed by atoms with Crippen LogP contribution < -0.4 is 0 Å². The predicted octanol–water partition coefficient (Wildman–Crippen LogP) is 3.70. The summed E-state index contributed by atoms with van der Waals surface area (Å²) in [5.41, 5.74) is 1.04. The standard InChI is InChI=1S/C19H18O4/c1-19(2)22-17(20)16(18(21)23-19)12-6-10-14-9-5-8-13-7-3-4-11-15(13)14/h3-11,16H,12H2,1-2H3/b10-6+. The summed E-state index contributed by atoms with van der Waals surface area (Å²) in [6.45, 7) is 3.09. The minimum atomic E-state index is -1.18. The highest BCUT2D eigenvalue weighted by molar-refractivity contribution is 5.97. The molecule has 118 valence electrons. The third kappa shape index (κ3) is 3.26. The molecule has 0 saturated carbocycles. The Hall–Kier alpha value is -2.62. The fourth-order valence-electron chi connectivity index (χ4n) is 2.66. The maximum Gasteiger partial charge on any atom is 0.323 e. The third-order valence-corrected chi connectivity index (χ3v) is 3.75. The van der Waals surface area contributed by atoms with Gasteiger partial charge in [-0.15, -0.1) is 0 Å². The van der Waals surface area contributed by atoms with Crippen LogP contribution in [0.1, 0.15) is 25.8 Å². The molecule has 4 heteroatoms. The van der Waals surface area contributed by atoms with E-state index in [0.717, 1.165) is 16.3 Å². The van der Waals surface area contributed by atoms with Gasteiger partial charge in [0.15, 0.2) is 5.92 Å². The van der Waals surface area contributed by atoms with E-state index in [1.54, 1.807) is 13.8 Å². The van der Waals surface area contributed by atoms with Crippen LogP contribution in [-0.4, -0.2) is 17.7 Å². The second-order valence-electron chi connectivity index (χ2n) is 6.00. The summed E-state index contributed by atoms with van der Waals surface area (Å²) < 4.78 is 10.2. The Morgan fingerprint density at radius 2 is 1.65 bits per heavy atom. The van der Waals surface area contributed by atoms with Crippen molar-refractivity contribution in [3.8, 4) is 0 Å². The van der Waals surface area contributed by atoms with Gasteiger partial charge < -0.3 is 9.47 Å². The van der Waals surface area contributed by atoms with Crippen LogP contribution in [0.2, 0.25) is 0 Å². The number of hydrogen-bond donors (Lipinski definition) is 0. The lowest BCUT2D eigenvalue weighted by atomic mass is 10.0. The largest absolute Gasteiger partial charge is 0.422 e. The van der Waals surface area contributed by atoms with Crippen LogP contribution in [0, 0.1) is 5.92 Å². The van der Waals surface area contributed by atoms with Crippen LogP contribution in [0.25, 0.3) is 16.8 Å². The summed E-state index contributed by atoms with van der Waals surface area (Å²) in [5.74, 6) is -3.14. The third-order valence-electron chi connectivity index (χ3n) is 3.75. The van der Waals surface area contributed by atoms with Gasteiger partial charge in [0.25, 0.3) is 5.79 Å². The number of cyclic esters (lactones) is 2. The summed E-state index contributed by atoms with van der Waals surface area (Å²) >= 11 is 0. The number of ether oxygens (including phenoxy) is 2. The number of fused-ring (bicyclic) bond motifs is 1. The average molecular weight is 310 g/mol.